The highest BCUT2D eigenvalue weighted by atomic mass is 32.1. The highest BCUT2D eigenvalue weighted by molar-refractivity contribution is 7.27. The van der Waals surface area contributed by atoms with Gasteiger partial charge in [0.25, 0.3) is 0 Å². The molecule has 0 N–H and O–H groups in total. The summed E-state index contributed by atoms with van der Waals surface area (Å²) in [5, 5.41) is 23.5. The zero-order chi connectivity index (χ0) is 53.4. The number of benzene rings is 12. The van der Waals surface area contributed by atoms with Gasteiger partial charge >= 0.3 is 0 Å². The summed E-state index contributed by atoms with van der Waals surface area (Å²) in [6, 6.07) is 88.5. The van der Waals surface area contributed by atoms with Crippen LogP contribution in [-0.2, 0) is 0 Å². The number of hydrogen-bond donors (Lipinski definition) is 0. The van der Waals surface area contributed by atoms with Crippen molar-refractivity contribution in [2.45, 2.75) is 0 Å². The SMILES string of the molecule is [C-]#[N+]c1c(-c2ccccc2)c(C#N)c(-n2c3c(ccc4c5ccccc5sc43)c3ccc4c5cccc(-c6ccccc6)c5sc4c32)c(-c2ccccc2)c1-n1c2ccccc2c2c(-c3ccc4oc5ccccc5c4c3)cccc21. The van der Waals surface area contributed by atoms with E-state index in [0.29, 0.717) is 22.5 Å². The van der Waals surface area contributed by atoms with E-state index in [0.717, 1.165) is 125 Å². The fourth-order valence-electron chi connectivity index (χ4n) is 13.2. The lowest BCUT2D eigenvalue weighted by Crippen LogP contribution is -2.09. The predicted molar refractivity (Wildman–Crippen MR) is 341 cm³/mol. The van der Waals surface area contributed by atoms with Gasteiger partial charge in [0.2, 0.25) is 5.69 Å². The Balaban J connectivity index is 1.10. The monoisotopic (exact) mass is 1060 g/mol. The molecule has 0 atom stereocenters. The van der Waals surface area contributed by atoms with Crippen LogP contribution in [0.1, 0.15) is 5.56 Å². The van der Waals surface area contributed by atoms with Crippen molar-refractivity contribution in [1.29, 1.82) is 5.26 Å². The van der Waals surface area contributed by atoms with Crippen LogP contribution in [-0.4, -0.2) is 9.13 Å². The number of nitrogens with zero attached hydrogens (tertiary/aromatic N) is 4. The Morgan fingerprint density at radius 2 is 0.951 bits per heavy atom. The Bertz CT molecular complexity index is 5610. The molecule has 5 aromatic heterocycles. The van der Waals surface area contributed by atoms with Crippen LogP contribution in [0.25, 0.3) is 167 Å². The lowest BCUT2D eigenvalue weighted by Gasteiger charge is -2.26. The van der Waals surface area contributed by atoms with Crippen molar-refractivity contribution in [1.82, 2.24) is 9.13 Å². The quantitative estimate of drug-likeness (QED) is 0.156. The first-order valence-corrected chi connectivity index (χ1v) is 28.6. The van der Waals surface area contributed by atoms with E-state index in [1.165, 1.54) is 25.7 Å². The molecule has 0 aliphatic rings. The van der Waals surface area contributed by atoms with E-state index in [-0.39, 0.29) is 0 Å². The second-order valence-electron chi connectivity index (χ2n) is 20.7. The summed E-state index contributed by atoms with van der Waals surface area (Å²) in [5.41, 5.74) is 15.4. The van der Waals surface area contributed by atoms with Gasteiger partial charge in [0.05, 0.1) is 55.0 Å². The Hall–Kier alpha value is -10.5. The molecule has 5 heterocycles. The third-order valence-electron chi connectivity index (χ3n) is 16.6. The number of furan rings is 1. The minimum absolute atomic E-state index is 0.395. The molecule has 0 aliphatic heterocycles. The summed E-state index contributed by atoms with van der Waals surface area (Å²) < 4.78 is 15.8. The molecule has 17 rings (SSSR count). The zero-order valence-corrected chi connectivity index (χ0v) is 44.7. The Labute approximate surface area is 471 Å². The highest BCUT2D eigenvalue weighted by Gasteiger charge is 2.33. The number of aromatic nitrogens is 2. The molecule has 12 aromatic carbocycles. The molecule has 5 nitrogen and oxygen atoms in total. The Kier molecular flexibility index (Phi) is 9.82. The lowest BCUT2D eigenvalue weighted by atomic mass is 9.88. The summed E-state index contributed by atoms with van der Waals surface area (Å²) in [7, 11) is 0. The number of para-hydroxylation sites is 2. The van der Waals surface area contributed by atoms with Gasteiger partial charge in [0.1, 0.15) is 17.2 Å². The molecule has 81 heavy (non-hydrogen) atoms. The zero-order valence-electron chi connectivity index (χ0n) is 43.1. The van der Waals surface area contributed by atoms with E-state index >= 15 is 0 Å². The first-order valence-electron chi connectivity index (χ1n) is 27.0. The normalized spacial score (nSPS) is 11.9. The van der Waals surface area contributed by atoms with Crippen LogP contribution in [0.15, 0.2) is 247 Å². The van der Waals surface area contributed by atoms with Gasteiger partial charge in [-0.25, -0.2) is 4.85 Å². The minimum Gasteiger partial charge on any atom is -0.456 e. The molecule has 374 valence electrons. The molecular formula is C74H40N4OS2. The van der Waals surface area contributed by atoms with Crippen LogP contribution in [0.3, 0.4) is 0 Å². The molecule has 0 bridgehead atoms. The van der Waals surface area contributed by atoms with Crippen LogP contribution in [0, 0.1) is 17.9 Å². The van der Waals surface area contributed by atoms with Crippen LogP contribution in [0.2, 0.25) is 0 Å². The number of hydrogen-bond acceptors (Lipinski definition) is 4. The number of nitriles is 1. The second kappa shape index (κ2) is 17.5. The maximum absolute atomic E-state index is 12.4. The molecule has 17 aromatic rings. The molecule has 0 spiro atoms. The largest absolute Gasteiger partial charge is 0.456 e. The van der Waals surface area contributed by atoms with Gasteiger partial charge in [-0.3, -0.25) is 0 Å². The van der Waals surface area contributed by atoms with Gasteiger partial charge in [0.15, 0.2) is 0 Å². The summed E-state index contributed by atoms with van der Waals surface area (Å²) in [6.07, 6.45) is 0. The van der Waals surface area contributed by atoms with E-state index in [2.05, 4.69) is 214 Å². The third-order valence-corrected chi connectivity index (χ3v) is 19.0. The van der Waals surface area contributed by atoms with Crippen LogP contribution < -0.4 is 0 Å². The maximum atomic E-state index is 12.4. The van der Waals surface area contributed by atoms with Crippen molar-refractivity contribution in [2.75, 3.05) is 0 Å². The molecule has 0 radical (unpaired) electrons. The number of thiophene rings is 2. The topological polar surface area (TPSA) is 51.1 Å². The molecule has 0 amide bonds. The van der Waals surface area contributed by atoms with E-state index in [1.54, 1.807) is 11.3 Å². The summed E-state index contributed by atoms with van der Waals surface area (Å²) in [4.78, 5) is 4.65. The number of rotatable bonds is 6. The average molecular weight is 1070 g/mol. The van der Waals surface area contributed by atoms with Gasteiger partial charge in [-0.2, -0.15) is 5.26 Å². The second-order valence-corrected chi connectivity index (χ2v) is 22.8. The van der Waals surface area contributed by atoms with Crippen LogP contribution in [0.5, 0.6) is 0 Å². The Morgan fingerprint density at radius 3 is 1.69 bits per heavy atom. The molecule has 0 fully saturated rings. The molecule has 7 heteroatoms. The van der Waals surface area contributed by atoms with Crippen molar-refractivity contribution >= 4 is 134 Å². The van der Waals surface area contributed by atoms with Crippen molar-refractivity contribution < 1.29 is 4.42 Å². The standard InChI is InChI=1S/C74H40N4OS2/c1-76-67-64(44-21-7-3-8-22-44)58(42-75)68(78-69-51(36-38-54-50-26-13-16-34-63(50)80-73(54)69)52-37-39-55-53-30-17-29-48(43-19-5-2-6-20-43)72(53)81-74(55)70(52)78)65(45-23-9-4-10-24-45)71(67)77-59-31-14-11-27-56(59)66-47(28-18-32-60(66)77)46-35-40-62-57(41-46)49-25-12-15-33-61(49)79-62/h2-41H. The van der Waals surface area contributed by atoms with Gasteiger partial charge in [-0.1, -0.05) is 206 Å². The summed E-state index contributed by atoms with van der Waals surface area (Å²) in [5.74, 6) is 0. The molecule has 0 saturated carbocycles. The van der Waals surface area contributed by atoms with Crippen LogP contribution >= 0.6 is 22.7 Å². The Morgan fingerprint density at radius 1 is 0.395 bits per heavy atom. The van der Waals surface area contributed by atoms with Crippen molar-refractivity contribution in [2.24, 2.45) is 0 Å². The predicted octanol–water partition coefficient (Wildman–Crippen LogP) is 21.6. The van der Waals surface area contributed by atoms with Gasteiger partial charge < -0.3 is 13.6 Å². The van der Waals surface area contributed by atoms with Gasteiger partial charge in [-0.15, -0.1) is 22.7 Å². The average Bonchev–Trinajstić information content (AvgIpc) is 4.34. The highest BCUT2D eigenvalue weighted by Crippen LogP contribution is 2.55. The maximum Gasteiger partial charge on any atom is 0.220 e. The smallest absolute Gasteiger partial charge is 0.220 e. The fourth-order valence-corrected chi connectivity index (χ4v) is 15.8. The molecule has 0 saturated heterocycles. The minimum atomic E-state index is 0.395. The third kappa shape index (κ3) is 6.45. The van der Waals surface area contributed by atoms with Crippen LogP contribution in [0.4, 0.5) is 5.69 Å². The van der Waals surface area contributed by atoms with E-state index in [9.17, 15) is 11.8 Å². The van der Waals surface area contributed by atoms with Gasteiger partial charge in [0, 0.05) is 74.4 Å². The first-order chi connectivity index (χ1) is 40.1. The molecular weight excluding hydrogens is 1020 g/mol. The number of fused-ring (bicyclic) bond motifs is 17. The lowest BCUT2D eigenvalue weighted by molar-refractivity contribution is 0.669. The molecule has 0 unspecified atom stereocenters. The van der Waals surface area contributed by atoms with Crippen molar-refractivity contribution in [3.63, 3.8) is 0 Å². The first kappa shape index (κ1) is 45.5. The van der Waals surface area contributed by atoms with Crippen molar-refractivity contribution in [3.8, 4) is 62.0 Å². The van der Waals surface area contributed by atoms with E-state index in [1.807, 2.05) is 59.9 Å². The fraction of sp³-hybridized carbons (Fsp3) is 0. The summed E-state index contributed by atoms with van der Waals surface area (Å²) >= 11 is 3.61. The molecule has 0 aliphatic carbocycles. The summed E-state index contributed by atoms with van der Waals surface area (Å²) in [6.45, 7) is 9.56. The van der Waals surface area contributed by atoms with E-state index in [4.69, 9.17) is 4.42 Å². The van der Waals surface area contributed by atoms with E-state index < -0.39 is 0 Å². The van der Waals surface area contributed by atoms with Crippen molar-refractivity contribution in [3.05, 3.63) is 260 Å². The van der Waals surface area contributed by atoms with Gasteiger partial charge in [-0.05, 0) is 69.8 Å².